The Labute approximate surface area is 64.0 Å². The van der Waals surface area contributed by atoms with Crippen LogP contribution >= 0.6 is 0 Å². The standard InChI is InChI=1S/C10H16/c1-9(2)7-5-6-8-10(3)4/h7-10H,1-4H3. The van der Waals surface area contributed by atoms with Gasteiger partial charge in [-0.2, -0.15) is 0 Å². The van der Waals surface area contributed by atoms with E-state index < -0.39 is 0 Å². The Morgan fingerprint density at radius 1 is 0.800 bits per heavy atom. The summed E-state index contributed by atoms with van der Waals surface area (Å²) in [4.78, 5) is 0. The first kappa shape index (κ1) is 9.30. The minimum absolute atomic E-state index is 0.577. The zero-order chi connectivity index (χ0) is 7.98. The van der Waals surface area contributed by atoms with Crippen molar-refractivity contribution >= 4 is 0 Å². The molecule has 0 aliphatic rings. The lowest BCUT2D eigenvalue weighted by atomic mass is 10.2. The molecule has 0 unspecified atom stereocenters. The summed E-state index contributed by atoms with van der Waals surface area (Å²) >= 11 is 0. The van der Waals surface area contributed by atoms with Crippen molar-refractivity contribution < 1.29 is 0 Å². The quantitative estimate of drug-likeness (QED) is 0.511. The predicted molar refractivity (Wildman–Crippen MR) is 45.8 cm³/mol. The largest absolute Gasteiger partial charge is 0.0747 e. The van der Waals surface area contributed by atoms with E-state index in [0.29, 0.717) is 11.8 Å². The van der Waals surface area contributed by atoms with Gasteiger partial charge in [0.05, 0.1) is 0 Å². The fourth-order valence-corrected chi connectivity index (χ4v) is 0.430. The fourth-order valence-electron chi connectivity index (χ4n) is 0.430. The van der Waals surface area contributed by atoms with Gasteiger partial charge in [-0.1, -0.05) is 39.2 Å². The minimum atomic E-state index is 0.577. The molecule has 0 saturated heterocycles. The molecule has 0 heterocycles. The fraction of sp³-hybridized carbons (Fsp3) is 0.600. The third-order valence-corrected chi connectivity index (χ3v) is 0.917. The van der Waals surface area contributed by atoms with Gasteiger partial charge in [0.15, 0.2) is 0 Å². The van der Waals surface area contributed by atoms with Gasteiger partial charge in [-0.05, 0) is 24.0 Å². The van der Waals surface area contributed by atoms with Gasteiger partial charge in [0, 0.05) is 0 Å². The minimum Gasteiger partial charge on any atom is -0.0747 e. The van der Waals surface area contributed by atoms with Crippen LogP contribution in [0.4, 0.5) is 0 Å². The van der Waals surface area contributed by atoms with Crippen LogP contribution < -0.4 is 0 Å². The molecule has 0 bridgehead atoms. The van der Waals surface area contributed by atoms with Crippen LogP contribution in [0, 0.1) is 11.8 Å². The van der Waals surface area contributed by atoms with E-state index in [9.17, 15) is 0 Å². The van der Waals surface area contributed by atoms with Crippen molar-refractivity contribution in [1.29, 1.82) is 0 Å². The maximum Gasteiger partial charge on any atom is -0.0208 e. The molecule has 0 atom stereocenters. The molecule has 0 aromatic rings. The van der Waals surface area contributed by atoms with Crippen molar-refractivity contribution in [2.45, 2.75) is 27.7 Å². The van der Waals surface area contributed by atoms with Crippen molar-refractivity contribution in [3.8, 4) is 0 Å². The van der Waals surface area contributed by atoms with E-state index in [1.54, 1.807) is 0 Å². The first-order valence-electron chi connectivity index (χ1n) is 3.80. The Bertz CT molecular complexity index is 140. The molecule has 0 nitrogen and oxygen atoms in total. The van der Waals surface area contributed by atoms with E-state index in [1.807, 2.05) is 12.2 Å². The van der Waals surface area contributed by atoms with E-state index in [1.165, 1.54) is 0 Å². The highest BCUT2D eigenvalue weighted by Crippen LogP contribution is 1.92. The summed E-state index contributed by atoms with van der Waals surface area (Å²) in [6.45, 7) is 8.52. The van der Waals surface area contributed by atoms with Gasteiger partial charge in [-0.25, -0.2) is 0 Å². The molecule has 0 fully saturated rings. The van der Waals surface area contributed by atoms with E-state index in [-0.39, 0.29) is 0 Å². The molecule has 0 saturated carbocycles. The van der Waals surface area contributed by atoms with Crippen LogP contribution in [0.25, 0.3) is 0 Å². The highest BCUT2D eigenvalue weighted by atomic mass is 13.8. The maximum atomic E-state index is 2.99. The molecular formula is C10H16. The van der Waals surface area contributed by atoms with Gasteiger partial charge in [0.25, 0.3) is 0 Å². The first-order valence-corrected chi connectivity index (χ1v) is 3.80. The van der Waals surface area contributed by atoms with Gasteiger partial charge in [-0.15, -0.1) is 0 Å². The molecule has 56 valence electrons. The van der Waals surface area contributed by atoms with Crippen molar-refractivity contribution in [2.24, 2.45) is 11.8 Å². The zero-order valence-electron chi connectivity index (χ0n) is 7.31. The summed E-state index contributed by atoms with van der Waals surface area (Å²) in [6, 6.07) is 0. The lowest BCUT2D eigenvalue weighted by molar-refractivity contribution is 0.829. The molecule has 0 aliphatic heterocycles. The van der Waals surface area contributed by atoms with E-state index in [2.05, 4.69) is 39.2 Å². The molecule has 0 aromatic heterocycles. The van der Waals surface area contributed by atoms with Crippen LogP contribution in [0.15, 0.2) is 23.6 Å². The highest BCUT2D eigenvalue weighted by Gasteiger charge is 1.79. The Morgan fingerprint density at radius 3 is 1.30 bits per heavy atom. The summed E-state index contributed by atoms with van der Waals surface area (Å²) in [7, 11) is 0. The van der Waals surface area contributed by atoms with Crippen LogP contribution in [-0.4, -0.2) is 0 Å². The summed E-state index contributed by atoms with van der Waals surface area (Å²) in [5, 5.41) is 0. The van der Waals surface area contributed by atoms with Crippen LogP contribution in [0.2, 0.25) is 0 Å². The van der Waals surface area contributed by atoms with Crippen molar-refractivity contribution in [1.82, 2.24) is 0 Å². The molecule has 10 heavy (non-hydrogen) atoms. The molecule has 0 radical (unpaired) electrons. The van der Waals surface area contributed by atoms with Crippen molar-refractivity contribution in [2.75, 3.05) is 0 Å². The lowest BCUT2D eigenvalue weighted by Crippen LogP contribution is -1.74. The smallest absolute Gasteiger partial charge is 0.0208 e. The van der Waals surface area contributed by atoms with E-state index >= 15 is 0 Å². The lowest BCUT2D eigenvalue weighted by Gasteiger charge is -1.86. The van der Waals surface area contributed by atoms with Gasteiger partial charge in [-0.3, -0.25) is 0 Å². The van der Waals surface area contributed by atoms with Gasteiger partial charge in [0.1, 0.15) is 0 Å². The second-order valence-corrected chi connectivity index (χ2v) is 3.11. The summed E-state index contributed by atoms with van der Waals surface area (Å²) in [6.07, 6.45) is 4.03. The Morgan fingerprint density at radius 2 is 1.10 bits per heavy atom. The Balaban J connectivity index is 3.96. The number of rotatable bonds is 2. The molecule has 0 spiro atoms. The molecule has 0 rings (SSSR count). The molecule has 0 amide bonds. The van der Waals surface area contributed by atoms with Crippen molar-refractivity contribution in [3.63, 3.8) is 0 Å². The monoisotopic (exact) mass is 136 g/mol. The summed E-state index contributed by atoms with van der Waals surface area (Å²) < 4.78 is 0. The number of hydrogen-bond acceptors (Lipinski definition) is 0. The third-order valence-electron chi connectivity index (χ3n) is 0.917. The number of allylic oxidation sites excluding steroid dienone is 2. The van der Waals surface area contributed by atoms with E-state index in [4.69, 9.17) is 0 Å². The summed E-state index contributed by atoms with van der Waals surface area (Å²) in [5.74, 6) is 1.15. The third kappa shape index (κ3) is 7.30. The van der Waals surface area contributed by atoms with Crippen LogP contribution in [-0.2, 0) is 0 Å². The SMILES string of the molecule is CC(C)C=C=C=CC(C)C. The number of hydrogen-bond donors (Lipinski definition) is 0. The van der Waals surface area contributed by atoms with Crippen LogP contribution in [0.3, 0.4) is 0 Å². The van der Waals surface area contributed by atoms with Crippen LogP contribution in [0.5, 0.6) is 0 Å². The average Bonchev–Trinajstić information content (AvgIpc) is 1.79. The average molecular weight is 136 g/mol. The normalized spacial score (nSPS) is 9.00. The second kappa shape index (κ2) is 5.11. The van der Waals surface area contributed by atoms with E-state index in [0.717, 1.165) is 0 Å². The first-order chi connectivity index (χ1) is 4.63. The zero-order valence-corrected chi connectivity index (χ0v) is 7.31. The van der Waals surface area contributed by atoms with Gasteiger partial charge < -0.3 is 0 Å². The Hall–Kier alpha value is -0.700. The molecule has 0 N–H and O–H groups in total. The predicted octanol–water partition coefficient (Wildman–Crippen LogP) is 3.16. The van der Waals surface area contributed by atoms with Crippen LogP contribution in [0.1, 0.15) is 27.7 Å². The van der Waals surface area contributed by atoms with Gasteiger partial charge >= 0.3 is 0 Å². The maximum absolute atomic E-state index is 2.99. The summed E-state index contributed by atoms with van der Waals surface area (Å²) in [5.41, 5.74) is 5.97. The molecule has 0 aliphatic carbocycles. The topological polar surface area (TPSA) is 0 Å². The molecular weight excluding hydrogens is 120 g/mol. The second-order valence-electron chi connectivity index (χ2n) is 3.11. The van der Waals surface area contributed by atoms with Crippen molar-refractivity contribution in [3.05, 3.63) is 23.6 Å². The van der Waals surface area contributed by atoms with Gasteiger partial charge in [0.2, 0.25) is 0 Å². The Kier molecular flexibility index (Phi) is 4.76. The molecule has 0 aromatic carbocycles. The highest BCUT2D eigenvalue weighted by molar-refractivity contribution is 4.89. The molecule has 0 heteroatoms.